The predicted octanol–water partition coefficient (Wildman–Crippen LogP) is 3.73. The minimum absolute atomic E-state index is 0.117. The number of methoxy groups -OCH3 is 1. The summed E-state index contributed by atoms with van der Waals surface area (Å²) in [4.78, 5) is 12.2. The zero-order valence-electron chi connectivity index (χ0n) is 13.7. The first-order valence-corrected chi connectivity index (χ1v) is 7.82. The Kier molecular flexibility index (Phi) is 4.70. The number of fused-ring (bicyclic) bond motifs is 1. The molecule has 5 nitrogen and oxygen atoms in total. The number of ether oxygens (including phenoxy) is 1. The molecule has 0 spiro atoms. The van der Waals surface area contributed by atoms with Crippen molar-refractivity contribution in [3.05, 3.63) is 60.4 Å². The normalized spacial score (nSPS) is 11.9. The van der Waals surface area contributed by atoms with E-state index in [9.17, 15) is 4.79 Å². The molecule has 0 unspecified atom stereocenters. The molecule has 5 heteroatoms. The summed E-state index contributed by atoms with van der Waals surface area (Å²) in [6.45, 7) is 2.06. The minimum Gasteiger partial charge on any atom is -0.495 e. The second kappa shape index (κ2) is 7.08. The molecule has 3 rings (SSSR count). The third-order valence-electron chi connectivity index (χ3n) is 3.80. The first-order chi connectivity index (χ1) is 11.7. The standard InChI is InChI=1S/C19H20N2O3/c1-13(18-11-14-7-3-5-9-16(14)24-18)21-19(22)12-20-15-8-4-6-10-17(15)23-2/h3-11,13,20H,12H2,1-2H3,(H,21,22)/t13-/m1/s1. The predicted molar refractivity (Wildman–Crippen MR) is 94.3 cm³/mol. The Hall–Kier alpha value is -2.95. The molecule has 124 valence electrons. The van der Waals surface area contributed by atoms with Crippen LogP contribution in [-0.4, -0.2) is 19.6 Å². The number of carbonyl (C=O) groups is 1. The summed E-state index contributed by atoms with van der Waals surface area (Å²) in [7, 11) is 1.60. The summed E-state index contributed by atoms with van der Waals surface area (Å²) in [5.74, 6) is 1.33. The summed E-state index contributed by atoms with van der Waals surface area (Å²) >= 11 is 0. The number of amides is 1. The van der Waals surface area contributed by atoms with Crippen LogP contribution in [0.2, 0.25) is 0 Å². The van der Waals surface area contributed by atoms with Gasteiger partial charge in [0.25, 0.3) is 0 Å². The van der Waals surface area contributed by atoms with Crippen molar-refractivity contribution >= 4 is 22.6 Å². The number of anilines is 1. The maximum absolute atomic E-state index is 12.2. The van der Waals surface area contributed by atoms with Crippen molar-refractivity contribution in [2.24, 2.45) is 0 Å². The van der Waals surface area contributed by atoms with Crippen LogP contribution < -0.4 is 15.4 Å². The molecule has 1 aromatic heterocycles. The average Bonchev–Trinajstić information content (AvgIpc) is 3.04. The van der Waals surface area contributed by atoms with Gasteiger partial charge in [-0.05, 0) is 31.2 Å². The Bertz CT molecular complexity index is 808. The summed E-state index contributed by atoms with van der Waals surface area (Å²) in [5.41, 5.74) is 1.60. The van der Waals surface area contributed by atoms with Crippen molar-refractivity contribution < 1.29 is 13.9 Å². The maximum atomic E-state index is 12.2. The van der Waals surface area contributed by atoms with Gasteiger partial charge >= 0.3 is 0 Å². The van der Waals surface area contributed by atoms with E-state index in [0.717, 1.165) is 22.4 Å². The monoisotopic (exact) mass is 324 g/mol. The summed E-state index contributed by atoms with van der Waals surface area (Å²) in [6.07, 6.45) is 0. The lowest BCUT2D eigenvalue weighted by Gasteiger charge is -2.13. The van der Waals surface area contributed by atoms with E-state index in [4.69, 9.17) is 9.15 Å². The Balaban J connectivity index is 1.60. The largest absolute Gasteiger partial charge is 0.495 e. The summed E-state index contributed by atoms with van der Waals surface area (Å²) in [5, 5.41) is 7.04. The highest BCUT2D eigenvalue weighted by Crippen LogP contribution is 2.24. The number of hydrogen-bond acceptors (Lipinski definition) is 4. The van der Waals surface area contributed by atoms with Crippen LogP contribution in [0.3, 0.4) is 0 Å². The molecule has 0 fully saturated rings. The van der Waals surface area contributed by atoms with Gasteiger partial charge < -0.3 is 19.8 Å². The number of carbonyl (C=O) groups excluding carboxylic acids is 1. The van der Waals surface area contributed by atoms with Crippen LogP contribution in [0.1, 0.15) is 18.7 Å². The molecule has 24 heavy (non-hydrogen) atoms. The zero-order chi connectivity index (χ0) is 16.9. The smallest absolute Gasteiger partial charge is 0.239 e. The van der Waals surface area contributed by atoms with Gasteiger partial charge in [0.05, 0.1) is 25.4 Å². The van der Waals surface area contributed by atoms with Gasteiger partial charge in [-0.25, -0.2) is 0 Å². The van der Waals surface area contributed by atoms with Gasteiger partial charge in [0.2, 0.25) is 5.91 Å². The van der Waals surface area contributed by atoms with Gasteiger partial charge in [-0.2, -0.15) is 0 Å². The van der Waals surface area contributed by atoms with Crippen LogP contribution in [0.5, 0.6) is 5.75 Å². The van der Waals surface area contributed by atoms with Crippen LogP contribution in [0, 0.1) is 0 Å². The highest BCUT2D eigenvalue weighted by molar-refractivity contribution is 5.82. The SMILES string of the molecule is COc1ccccc1NCC(=O)N[C@H](C)c1cc2ccccc2o1. The first kappa shape index (κ1) is 15.9. The van der Waals surface area contributed by atoms with Crippen LogP contribution in [-0.2, 0) is 4.79 Å². The third-order valence-corrected chi connectivity index (χ3v) is 3.80. The van der Waals surface area contributed by atoms with Gasteiger partial charge in [-0.1, -0.05) is 30.3 Å². The van der Waals surface area contributed by atoms with Gasteiger partial charge in [0.1, 0.15) is 17.1 Å². The van der Waals surface area contributed by atoms with Crippen molar-refractivity contribution in [3.63, 3.8) is 0 Å². The van der Waals surface area contributed by atoms with E-state index in [0.29, 0.717) is 5.75 Å². The average molecular weight is 324 g/mol. The molecule has 0 saturated carbocycles. The van der Waals surface area contributed by atoms with Gasteiger partial charge in [0.15, 0.2) is 0 Å². The van der Waals surface area contributed by atoms with Crippen molar-refractivity contribution in [2.75, 3.05) is 19.0 Å². The van der Waals surface area contributed by atoms with Gasteiger partial charge in [0, 0.05) is 5.39 Å². The highest BCUT2D eigenvalue weighted by Gasteiger charge is 2.14. The molecule has 0 bridgehead atoms. The molecular formula is C19H20N2O3. The Labute approximate surface area is 140 Å². The second-order valence-electron chi connectivity index (χ2n) is 5.53. The quantitative estimate of drug-likeness (QED) is 0.725. The molecule has 1 heterocycles. The van der Waals surface area contributed by atoms with E-state index >= 15 is 0 Å². The molecule has 0 aliphatic rings. The van der Waals surface area contributed by atoms with Gasteiger partial charge in [-0.15, -0.1) is 0 Å². The lowest BCUT2D eigenvalue weighted by molar-refractivity contribution is -0.120. The van der Waals surface area contributed by atoms with Crippen molar-refractivity contribution in [1.29, 1.82) is 0 Å². The first-order valence-electron chi connectivity index (χ1n) is 7.82. The van der Waals surface area contributed by atoms with Crippen molar-refractivity contribution in [2.45, 2.75) is 13.0 Å². The van der Waals surface area contributed by atoms with Crippen LogP contribution >= 0.6 is 0 Å². The second-order valence-corrected chi connectivity index (χ2v) is 5.53. The number of nitrogens with one attached hydrogen (secondary N) is 2. The van der Waals surface area contributed by atoms with E-state index in [2.05, 4.69) is 10.6 Å². The number of benzene rings is 2. The fourth-order valence-electron chi connectivity index (χ4n) is 2.55. The maximum Gasteiger partial charge on any atom is 0.239 e. The number of rotatable bonds is 6. The molecule has 1 atom stereocenters. The molecule has 2 N–H and O–H groups in total. The molecule has 0 radical (unpaired) electrons. The van der Waals surface area contributed by atoms with E-state index in [1.54, 1.807) is 7.11 Å². The van der Waals surface area contributed by atoms with E-state index in [1.807, 2.05) is 61.5 Å². The molecular weight excluding hydrogens is 304 g/mol. The summed E-state index contributed by atoms with van der Waals surface area (Å²) in [6, 6.07) is 17.0. The fraction of sp³-hybridized carbons (Fsp3) is 0.211. The molecule has 2 aromatic carbocycles. The lowest BCUT2D eigenvalue weighted by atomic mass is 10.2. The van der Waals surface area contributed by atoms with E-state index in [1.165, 1.54) is 0 Å². The fourth-order valence-corrected chi connectivity index (χ4v) is 2.55. The third kappa shape index (κ3) is 3.51. The van der Waals surface area contributed by atoms with Crippen LogP contribution in [0.4, 0.5) is 5.69 Å². The lowest BCUT2D eigenvalue weighted by Crippen LogP contribution is -2.31. The molecule has 0 aliphatic carbocycles. The van der Waals surface area contributed by atoms with Crippen LogP contribution in [0.15, 0.2) is 59.0 Å². The minimum atomic E-state index is -0.204. The topological polar surface area (TPSA) is 63.5 Å². The number of furan rings is 1. The Morgan fingerprint density at radius 3 is 2.71 bits per heavy atom. The number of hydrogen-bond donors (Lipinski definition) is 2. The molecule has 3 aromatic rings. The van der Waals surface area contributed by atoms with Gasteiger partial charge in [-0.3, -0.25) is 4.79 Å². The van der Waals surface area contributed by atoms with E-state index in [-0.39, 0.29) is 18.5 Å². The Morgan fingerprint density at radius 1 is 1.17 bits per heavy atom. The molecule has 0 aliphatic heterocycles. The molecule has 0 saturated heterocycles. The van der Waals surface area contributed by atoms with E-state index < -0.39 is 0 Å². The molecule has 1 amide bonds. The highest BCUT2D eigenvalue weighted by atomic mass is 16.5. The summed E-state index contributed by atoms with van der Waals surface area (Å²) < 4.78 is 11.0. The zero-order valence-corrected chi connectivity index (χ0v) is 13.7. The number of para-hydroxylation sites is 3. The Morgan fingerprint density at radius 2 is 1.92 bits per heavy atom. The van der Waals surface area contributed by atoms with Crippen molar-refractivity contribution in [1.82, 2.24) is 5.32 Å². The van der Waals surface area contributed by atoms with Crippen molar-refractivity contribution in [3.8, 4) is 5.75 Å². The van der Waals surface area contributed by atoms with Crippen LogP contribution in [0.25, 0.3) is 11.0 Å².